The maximum atomic E-state index is 12.4. The number of unbranched alkanes of at least 4 members (excludes halogenated alkanes) is 9. The first kappa shape index (κ1) is 29.7. The minimum atomic E-state index is -0.0924. The van der Waals surface area contributed by atoms with Crippen LogP contribution in [0.25, 0.3) is 0 Å². The van der Waals surface area contributed by atoms with Gasteiger partial charge in [0.15, 0.2) is 12.4 Å². The van der Waals surface area contributed by atoms with Crippen molar-refractivity contribution in [1.82, 2.24) is 5.32 Å². The molecule has 0 unspecified atom stereocenters. The summed E-state index contributed by atoms with van der Waals surface area (Å²) in [5, 5.41) is 3.54. The third-order valence-corrected chi connectivity index (χ3v) is 5.99. The van der Waals surface area contributed by atoms with Gasteiger partial charge in [0, 0.05) is 12.6 Å². The fourth-order valence-electron chi connectivity index (χ4n) is 3.68. The predicted octanol–water partition coefficient (Wildman–Crippen LogP) is 3.88. The maximum Gasteiger partial charge on any atom is 0.257 e. The second-order valence-corrected chi connectivity index (χ2v) is 8.81. The van der Waals surface area contributed by atoms with Crippen LogP contribution in [0.3, 0.4) is 0 Å². The van der Waals surface area contributed by atoms with Gasteiger partial charge < -0.3 is 34.0 Å². The van der Waals surface area contributed by atoms with Gasteiger partial charge in [0.2, 0.25) is 0 Å². The quantitative estimate of drug-likeness (QED) is 0.184. The second kappa shape index (κ2) is 18.0. The Morgan fingerprint density at radius 2 is 1.64 bits per heavy atom. The molecule has 1 aromatic heterocycles. The van der Waals surface area contributed by atoms with Crippen molar-refractivity contribution in [3.63, 3.8) is 0 Å². The first-order chi connectivity index (χ1) is 15.6. The minimum absolute atomic E-state index is 0. The third kappa shape index (κ3) is 12.1. The van der Waals surface area contributed by atoms with Crippen LogP contribution in [0.4, 0.5) is 0 Å². The molecule has 0 spiro atoms. The average Bonchev–Trinajstić information content (AvgIpc) is 2.82. The summed E-state index contributed by atoms with van der Waals surface area (Å²) in [6, 6.07) is 9.42. The van der Waals surface area contributed by atoms with Crippen LogP contribution in [0.15, 0.2) is 42.7 Å². The number of nitrogens with zero attached hydrogens (tertiary/aromatic N) is 1. The Labute approximate surface area is 222 Å². The molecule has 1 heterocycles. The summed E-state index contributed by atoms with van der Waals surface area (Å²) in [5.41, 5.74) is 1.60. The smallest absolute Gasteiger partial charge is 0.257 e. The van der Waals surface area contributed by atoms with E-state index < -0.39 is 0 Å². The van der Waals surface area contributed by atoms with E-state index in [1.165, 1.54) is 57.8 Å². The van der Waals surface area contributed by atoms with Gasteiger partial charge in [-0.3, -0.25) is 4.79 Å². The van der Waals surface area contributed by atoms with Gasteiger partial charge in [0.25, 0.3) is 5.91 Å². The van der Waals surface area contributed by atoms with Crippen molar-refractivity contribution < 1.29 is 38.1 Å². The molecular formula is C27H40ClIN2O2. The van der Waals surface area contributed by atoms with Crippen LogP contribution in [0.5, 0.6) is 5.75 Å². The van der Waals surface area contributed by atoms with Crippen molar-refractivity contribution >= 4 is 17.5 Å². The summed E-state index contributed by atoms with van der Waals surface area (Å²) in [5.74, 6) is 0.620. The normalized spacial score (nSPS) is 10.5. The lowest BCUT2D eigenvalue weighted by Gasteiger charge is -2.10. The van der Waals surface area contributed by atoms with Gasteiger partial charge in [-0.2, -0.15) is 0 Å². The molecule has 1 aromatic carbocycles. The zero-order valence-corrected chi connectivity index (χ0v) is 23.2. The Morgan fingerprint density at radius 3 is 2.27 bits per heavy atom. The molecule has 0 aliphatic carbocycles. The molecule has 2 aromatic rings. The molecular weight excluding hydrogens is 547 g/mol. The molecule has 0 fully saturated rings. The van der Waals surface area contributed by atoms with Gasteiger partial charge in [0.1, 0.15) is 17.9 Å². The van der Waals surface area contributed by atoms with E-state index in [-0.39, 0.29) is 29.9 Å². The van der Waals surface area contributed by atoms with Crippen LogP contribution >= 0.6 is 11.6 Å². The second-order valence-electron chi connectivity index (χ2n) is 8.40. The van der Waals surface area contributed by atoms with Crippen molar-refractivity contribution in [1.29, 1.82) is 0 Å². The van der Waals surface area contributed by atoms with Gasteiger partial charge in [-0.25, -0.2) is 4.57 Å². The van der Waals surface area contributed by atoms with Crippen LogP contribution in [-0.2, 0) is 13.1 Å². The molecule has 0 radical (unpaired) electrons. The van der Waals surface area contributed by atoms with Gasteiger partial charge in [-0.15, -0.1) is 0 Å². The summed E-state index contributed by atoms with van der Waals surface area (Å²) >= 11 is 6.39. The van der Waals surface area contributed by atoms with Crippen molar-refractivity contribution in [3.05, 3.63) is 58.9 Å². The van der Waals surface area contributed by atoms with Gasteiger partial charge in [-0.05, 0) is 37.1 Å². The number of hydrogen-bond acceptors (Lipinski definition) is 2. The molecule has 184 valence electrons. The molecule has 6 heteroatoms. The highest BCUT2D eigenvalue weighted by atomic mass is 127. The zero-order valence-electron chi connectivity index (χ0n) is 20.3. The largest absolute Gasteiger partial charge is 1.00 e. The Kier molecular flexibility index (Phi) is 16.2. The van der Waals surface area contributed by atoms with Crippen molar-refractivity contribution in [2.24, 2.45) is 0 Å². The summed E-state index contributed by atoms with van der Waals surface area (Å²) in [6.07, 6.45) is 16.9. The van der Waals surface area contributed by atoms with Gasteiger partial charge in [-0.1, -0.05) is 82.4 Å². The molecule has 1 N–H and O–H groups in total. The predicted molar refractivity (Wildman–Crippen MR) is 132 cm³/mol. The zero-order chi connectivity index (χ0) is 23.0. The van der Waals surface area contributed by atoms with Crippen molar-refractivity contribution in [3.8, 4) is 5.75 Å². The lowest BCUT2D eigenvalue weighted by molar-refractivity contribution is -0.693. The van der Waals surface area contributed by atoms with Gasteiger partial charge in [0.05, 0.1) is 11.6 Å². The molecule has 0 saturated heterocycles. The van der Waals surface area contributed by atoms with Crippen molar-refractivity contribution in [2.75, 3.05) is 6.61 Å². The number of halogens is 2. The number of ether oxygens (including phenoxy) is 1. The standard InChI is InChI=1S/C27H39ClN2O2.HI/c1-3-5-6-7-8-9-10-11-12-13-19-32-26-17-16-23(20-25(26)28)21-29-27(31)24-15-14-18-30(4-2)22-24;/h14-18,20,22H,3-13,19,21H2,1-2H3;1H. The van der Waals surface area contributed by atoms with E-state index in [1.807, 2.05) is 54.2 Å². The SMILES string of the molecule is CCCCCCCCCCCCOc1ccc(CNC(=O)c2ccc[n+](CC)c2)cc1Cl.[I-]. The highest BCUT2D eigenvalue weighted by molar-refractivity contribution is 6.32. The molecule has 0 bridgehead atoms. The summed E-state index contributed by atoms with van der Waals surface area (Å²) < 4.78 is 7.84. The summed E-state index contributed by atoms with van der Waals surface area (Å²) in [4.78, 5) is 12.4. The van der Waals surface area contributed by atoms with Crippen LogP contribution < -0.4 is 38.6 Å². The topological polar surface area (TPSA) is 42.2 Å². The van der Waals surface area contributed by atoms with E-state index in [1.54, 1.807) is 0 Å². The number of amides is 1. The number of aryl methyl sites for hydroxylation is 1. The van der Waals surface area contributed by atoms with E-state index >= 15 is 0 Å². The molecule has 0 aliphatic rings. The van der Waals surface area contributed by atoms with E-state index in [4.69, 9.17) is 16.3 Å². The van der Waals surface area contributed by atoms with E-state index in [0.717, 1.165) is 18.5 Å². The number of carbonyl (C=O) groups is 1. The minimum Gasteiger partial charge on any atom is -1.00 e. The first-order valence-corrected chi connectivity index (χ1v) is 12.7. The van der Waals surface area contributed by atoms with Crippen LogP contribution in [0.2, 0.25) is 5.02 Å². The number of carbonyl (C=O) groups excluding carboxylic acids is 1. The molecule has 4 nitrogen and oxygen atoms in total. The monoisotopic (exact) mass is 586 g/mol. The Hall–Kier alpha value is -1.34. The van der Waals surface area contributed by atoms with Crippen molar-refractivity contribution in [2.45, 2.75) is 91.1 Å². The number of rotatable bonds is 16. The Bertz CT molecular complexity index is 816. The highest BCUT2D eigenvalue weighted by Gasteiger charge is 2.10. The molecule has 1 amide bonds. The fraction of sp³-hybridized carbons (Fsp3) is 0.556. The van der Waals surface area contributed by atoms with Gasteiger partial charge >= 0.3 is 0 Å². The number of aromatic nitrogens is 1. The van der Waals surface area contributed by atoms with E-state index in [9.17, 15) is 4.79 Å². The van der Waals surface area contributed by atoms with Crippen LogP contribution in [0, 0.1) is 0 Å². The van der Waals surface area contributed by atoms with Crippen LogP contribution in [-0.4, -0.2) is 12.5 Å². The first-order valence-electron chi connectivity index (χ1n) is 12.3. The number of hydrogen-bond donors (Lipinski definition) is 1. The molecule has 0 aliphatic heterocycles. The summed E-state index contributed by atoms with van der Waals surface area (Å²) in [7, 11) is 0. The highest BCUT2D eigenvalue weighted by Crippen LogP contribution is 2.26. The van der Waals surface area contributed by atoms with E-state index in [0.29, 0.717) is 29.5 Å². The number of nitrogens with one attached hydrogen (secondary N) is 1. The number of benzene rings is 1. The maximum absolute atomic E-state index is 12.4. The van der Waals surface area contributed by atoms with E-state index in [2.05, 4.69) is 12.2 Å². The molecule has 2 rings (SSSR count). The third-order valence-electron chi connectivity index (χ3n) is 5.69. The number of pyridine rings is 1. The molecule has 0 atom stereocenters. The Morgan fingerprint density at radius 1 is 0.970 bits per heavy atom. The average molecular weight is 587 g/mol. The lowest BCUT2D eigenvalue weighted by Crippen LogP contribution is -3.00. The lowest BCUT2D eigenvalue weighted by atomic mass is 10.1. The summed E-state index contributed by atoms with van der Waals surface area (Å²) in [6.45, 7) is 6.26. The fourth-order valence-corrected chi connectivity index (χ4v) is 3.94. The van der Waals surface area contributed by atoms with Crippen LogP contribution in [0.1, 0.15) is 94.0 Å². The Balaban J connectivity index is 0.00000544. The molecule has 33 heavy (non-hydrogen) atoms. The molecule has 0 saturated carbocycles.